The van der Waals surface area contributed by atoms with E-state index in [4.69, 9.17) is 0 Å². The van der Waals surface area contributed by atoms with Crippen LogP contribution in [0.4, 0.5) is 0 Å². The highest BCUT2D eigenvalue weighted by Gasteiger charge is 2.50. The van der Waals surface area contributed by atoms with Gasteiger partial charge in [0, 0.05) is 0 Å². The Labute approximate surface area is 63.0 Å². The van der Waals surface area contributed by atoms with E-state index in [1.54, 1.807) is 25.7 Å². The van der Waals surface area contributed by atoms with E-state index in [1.807, 2.05) is 5.92 Å². The van der Waals surface area contributed by atoms with Crippen LogP contribution in [0.25, 0.3) is 0 Å². The molecule has 4 rings (SSSR count). The van der Waals surface area contributed by atoms with Crippen molar-refractivity contribution >= 4 is 0 Å². The molecule has 55 valence electrons. The third kappa shape index (κ3) is 0.538. The average molecular weight is 135 g/mol. The normalized spacial score (nSPS) is 52.2. The molecule has 4 bridgehead atoms. The Morgan fingerprint density at radius 3 is 3.00 bits per heavy atom. The zero-order chi connectivity index (χ0) is 6.55. The van der Waals surface area contributed by atoms with Crippen LogP contribution in [0.2, 0.25) is 0 Å². The van der Waals surface area contributed by atoms with Crippen LogP contribution in [0.5, 0.6) is 0 Å². The molecule has 0 aromatic heterocycles. The van der Waals surface area contributed by atoms with Crippen LogP contribution in [0.15, 0.2) is 0 Å². The van der Waals surface area contributed by atoms with Gasteiger partial charge in [0.15, 0.2) is 0 Å². The lowest BCUT2D eigenvalue weighted by Gasteiger charge is -2.40. The second kappa shape index (κ2) is 1.78. The molecule has 4 aliphatic rings. The van der Waals surface area contributed by atoms with E-state index < -0.39 is 0 Å². The number of fused-ring (bicyclic) bond motifs is 2. The fourth-order valence-electron chi connectivity index (χ4n) is 3.45. The number of hydrogen-bond donors (Lipinski definition) is 0. The predicted octanol–water partition coefficient (Wildman–Crippen LogP) is 2.79. The van der Waals surface area contributed by atoms with E-state index in [-0.39, 0.29) is 0 Å². The van der Waals surface area contributed by atoms with Gasteiger partial charge in [0.2, 0.25) is 0 Å². The van der Waals surface area contributed by atoms with Gasteiger partial charge in [-0.25, -0.2) is 0 Å². The highest BCUT2D eigenvalue weighted by molar-refractivity contribution is 5.19. The minimum Gasteiger partial charge on any atom is -0.0527 e. The number of hydrogen-bond acceptors (Lipinski definition) is 0. The topological polar surface area (TPSA) is 0 Å². The summed E-state index contributed by atoms with van der Waals surface area (Å²) >= 11 is 0. The lowest BCUT2D eigenvalue weighted by molar-refractivity contribution is 0.227. The third-order valence-corrected chi connectivity index (χ3v) is 4.02. The van der Waals surface area contributed by atoms with Gasteiger partial charge in [-0.3, -0.25) is 0 Å². The van der Waals surface area contributed by atoms with Crippen LogP contribution in [0, 0.1) is 23.7 Å². The van der Waals surface area contributed by atoms with Gasteiger partial charge >= 0.3 is 0 Å². The van der Waals surface area contributed by atoms with Gasteiger partial charge in [-0.2, -0.15) is 0 Å². The van der Waals surface area contributed by atoms with Crippen molar-refractivity contribution in [3.05, 3.63) is 5.92 Å². The maximum atomic E-state index is 1.99. The molecule has 4 fully saturated rings. The van der Waals surface area contributed by atoms with Crippen LogP contribution in [-0.4, -0.2) is 0 Å². The van der Waals surface area contributed by atoms with Gasteiger partial charge in [-0.15, -0.1) is 0 Å². The molecule has 0 saturated heterocycles. The SMILES string of the molecule is C1CC2CCC3[C]2CC3C1. The molecule has 0 aromatic rings. The summed E-state index contributed by atoms with van der Waals surface area (Å²) in [6.45, 7) is 0. The second-order valence-electron chi connectivity index (χ2n) is 4.35. The van der Waals surface area contributed by atoms with Crippen LogP contribution in [0.1, 0.15) is 38.5 Å². The summed E-state index contributed by atoms with van der Waals surface area (Å²) in [5, 5.41) is 0. The molecule has 0 heterocycles. The molecular weight excluding hydrogens is 120 g/mol. The Hall–Kier alpha value is 0. The van der Waals surface area contributed by atoms with Crippen molar-refractivity contribution in [2.24, 2.45) is 17.8 Å². The van der Waals surface area contributed by atoms with Crippen molar-refractivity contribution in [3.8, 4) is 0 Å². The zero-order valence-electron chi connectivity index (χ0n) is 6.47. The minimum absolute atomic E-state index is 1.10. The minimum atomic E-state index is 1.10. The summed E-state index contributed by atoms with van der Waals surface area (Å²) in [4.78, 5) is 0. The second-order valence-corrected chi connectivity index (χ2v) is 4.35. The lowest BCUT2D eigenvalue weighted by Crippen LogP contribution is -2.31. The van der Waals surface area contributed by atoms with E-state index in [0.29, 0.717) is 0 Å². The molecule has 0 heteroatoms. The van der Waals surface area contributed by atoms with E-state index in [1.165, 1.54) is 12.8 Å². The Morgan fingerprint density at radius 2 is 2.00 bits per heavy atom. The Kier molecular flexibility index (Phi) is 1.00. The fourth-order valence-corrected chi connectivity index (χ4v) is 3.45. The zero-order valence-corrected chi connectivity index (χ0v) is 6.47. The highest BCUT2D eigenvalue weighted by Crippen LogP contribution is 2.60. The summed E-state index contributed by atoms with van der Waals surface area (Å²) in [7, 11) is 0. The van der Waals surface area contributed by atoms with Gasteiger partial charge < -0.3 is 0 Å². The average Bonchev–Trinajstić information content (AvgIpc) is 2.14. The maximum Gasteiger partial charge on any atom is -0.0174 e. The fraction of sp³-hybridized carbons (Fsp3) is 0.900. The van der Waals surface area contributed by atoms with Crippen molar-refractivity contribution in [2.75, 3.05) is 0 Å². The first kappa shape index (κ1) is 5.62. The first-order valence-electron chi connectivity index (χ1n) is 4.81. The molecule has 0 aromatic carbocycles. The van der Waals surface area contributed by atoms with E-state index >= 15 is 0 Å². The summed E-state index contributed by atoms with van der Waals surface area (Å²) in [5.74, 6) is 5.38. The maximum absolute atomic E-state index is 1.99. The van der Waals surface area contributed by atoms with Gasteiger partial charge in [0.25, 0.3) is 0 Å². The molecular formula is C10H15. The lowest BCUT2D eigenvalue weighted by atomic mass is 9.65. The Bertz CT molecular complexity index is 141. The van der Waals surface area contributed by atoms with Gasteiger partial charge in [0.05, 0.1) is 0 Å². The third-order valence-electron chi connectivity index (χ3n) is 4.02. The Morgan fingerprint density at radius 1 is 1.00 bits per heavy atom. The monoisotopic (exact) mass is 135 g/mol. The van der Waals surface area contributed by atoms with Crippen LogP contribution in [-0.2, 0) is 0 Å². The van der Waals surface area contributed by atoms with Crippen molar-refractivity contribution < 1.29 is 0 Å². The molecule has 1 radical (unpaired) electrons. The van der Waals surface area contributed by atoms with Crippen molar-refractivity contribution in [2.45, 2.75) is 38.5 Å². The van der Waals surface area contributed by atoms with Crippen LogP contribution >= 0.6 is 0 Å². The molecule has 0 amide bonds. The van der Waals surface area contributed by atoms with Crippen molar-refractivity contribution in [1.29, 1.82) is 0 Å². The molecule has 0 spiro atoms. The molecule has 10 heavy (non-hydrogen) atoms. The van der Waals surface area contributed by atoms with Crippen molar-refractivity contribution in [1.82, 2.24) is 0 Å². The van der Waals surface area contributed by atoms with Crippen molar-refractivity contribution in [3.63, 3.8) is 0 Å². The summed E-state index contributed by atoms with van der Waals surface area (Å²) < 4.78 is 0. The molecule has 4 aliphatic carbocycles. The first-order valence-corrected chi connectivity index (χ1v) is 4.81. The highest BCUT2D eigenvalue weighted by atomic mass is 14.5. The molecule has 3 unspecified atom stereocenters. The van der Waals surface area contributed by atoms with Crippen LogP contribution < -0.4 is 0 Å². The standard InChI is InChI=1S/C10H15/c1-2-7-4-5-9-8(3-1)6-10(7)9/h7-9H,1-6H2. The molecule has 0 N–H and O–H groups in total. The van der Waals surface area contributed by atoms with E-state index in [9.17, 15) is 0 Å². The first-order chi connectivity index (χ1) is 4.95. The molecule has 0 nitrogen and oxygen atoms in total. The predicted molar refractivity (Wildman–Crippen MR) is 41.4 cm³/mol. The smallest absolute Gasteiger partial charge is 0.0174 e. The number of rotatable bonds is 0. The molecule has 4 saturated carbocycles. The van der Waals surface area contributed by atoms with Crippen LogP contribution in [0.3, 0.4) is 0 Å². The van der Waals surface area contributed by atoms with Gasteiger partial charge in [-0.1, -0.05) is 12.8 Å². The molecule has 3 atom stereocenters. The Balaban J connectivity index is 1.91. The van der Waals surface area contributed by atoms with E-state index in [0.717, 1.165) is 17.8 Å². The van der Waals surface area contributed by atoms with Gasteiger partial charge in [0.1, 0.15) is 0 Å². The summed E-state index contributed by atoms with van der Waals surface area (Å²) in [6.07, 6.45) is 9.29. The molecule has 0 aliphatic heterocycles. The van der Waals surface area contributed by atoms with E-state index in [2.05, 4.69) is 0 Å². The summed E-state index contributed by atoms with van der Waals surface area (Å²) in [5.41, 5.74) is 0. The quantitative estimate of drug-likeness (QED) is 0.479. The largest absolute Gasteiger partial charge is 0.0527 e. The van der Waals surface area contributed by atoms with Gasteiger partial charge in [-0.05, 0) is 49.4 Å². The summed E-state index contributed by atoms with van der Waals surface area (Å²) in [6, 6.07) is 0.